The summed E-state index contributed by atoms with van der Waals surface area (Å²) in [7, 11) is 0. The summed E-state index contributed by atoms with van der Waals surface area (Å²) in [6.45, 7) is 6.10. The van der Waals surface area contributed by atoms with Gasteiger partial charge in [-0.25, -0.2) is 0 Å². The summed E-state index contributed by atoms with van der Waals surface area (Å²) in [4.78, 5) is 13.2. The molecule has 1 aliphatic rings. The van der Waals surface area contributed by atoms with Crippen LogP contribution >= 0.6 is 0 Å². The van der Waals surface area contributed by atoms with E-state index >= 15 is 0 Å². The van der Waals surface area contributed by atoms with Crippen LogP contribution in [-0.4, -0.2) is 29.8 Å². The van der Waals surface area contributed by atoms with Gasteiger partial charge in [-0.3, -0.25) is 4.79 Å². The molecule has 0 spiro atoms. The molecule has 0 amide bonds. The second-order valence-corrected chi connectivity index (χ2v) is 3.83. The van der Waals surface area contributed by atoms with Crippen molar-refractivity contribution in [1.82, 2.24) is 4.90 Å². The van der Waals surface area contributed by atoms with Crippen LogP contribution in [0.25, 0.3) is 0 Å². The number of hydrogen-bond acceptors (Lipinski definition) is 2. The van der Waals surface area contributed by atoms with Crippen molar-refractivity contribution in [3.8, 4) is 0 Å². The Bertz CT molecular complexity index is 156. The summed E-state index contributed by atoms with van der Waals surface area (Å²) >= 11 is 0. The van der Waals surface area contributed by atoms with Gasteiger partial charge in [0.2, 0.25) is 0 Å². The van der Waals surface area contributed by atoms with E-state index in [1.165, 1.54) is 25.8 Å². The van der Waals surface area contributed by atoms with E-state index in [-0.39, 0.29) is 0 Å². The fourth-order valence-corrected chi connectivity index (χ4v) is 1.79. The van der Waals surface area contributed by atoms with Crippen molar-refractivity contribution in [2.75, 3.05) is 13.1 Å². The highest BCUT2D eigenvalue weighted by Crippen LogP contribution is 2.16. The maximum atomic E-state index is 10.8. The van der Waals surface area contributed by atoms with Crippen LogP contribution in [0.4, 0.5) is 0 Å². The molecule has 12 heavy (non-hydrogen) atoms. The van der Waals surface area contributed by atoms with Gasteiger partial charge in [-0.05, 0) is 33.2 Å². The number of nitrogens with zero attached hydrogens (tertiary/aromatic N) is 1. The van der Waals surface area contributed by atoms with Crippen molar-refractivity contribution >= 4 is 5.78 Å². The van der Waals surface area contributed by atoms with Gasteiger partial charge in [0.25, 0.3) is 0 Å². The first-order chi connectivity index (χ1) is 5.70. The van der Waals surface area contributed by atoms with Crippen LogP contribution in [0.5, 0.6) is 0 Å². The van der Waals surface area contributed by atoms with Crippen LogP contribution in [-0.2, 0) is 4.79 Å². The quantitative estimate of drug-likeness (QED) is 0.642. The molecule has 1 saturated heterocycles. The third-order valence-electron chi connectivity index (χ3n) is 2.69. The van der Waals surface area contributed by atoms with Gasteiger partial charge in [-0.1, -0.05) is 6.42 Å². The molecule has 1 heterocycles. The Balaban J connectivity index is 2.24. The molecule has 1 unspecified atom stereocenters. The van der Waals surface area contributed by atoms with Crippen LogP contribution in [0.1, 0.15) is 39.5 Å². The molecular weight excluding hydrogens is 150 g/mol. The highest BCUT2D eigenvalue weighted by Gasteiger charge is 2.17. The Morgan fingerprint density at radius 2 is 2.25 bits per heavy atom. The predicted octanol–water partition coefficient (Wildman–Crippen LogP) is 1.84. The molecule has 0 bridgehead atoms. The molecule has 2 heteroatoms. The summed E-state index contributed by atoms with van der Waals surface area (Å²) in [6.07, 6.45) is 4.70. The molecule has 0 radical (unpaired) electrons. The number of piperidine rings is 1. The zero-order chi connectivity index (χ0) is 8.97. The Morgan fingerprint density at radius 3 is 2.83 bits per heavy atom. The monoisotopic (exact) mass is 169 g/mol. The van der Waals surface area contributed by atoms with Crippen molar-refractivity contribution in [1.29, 1.82) is 0 Å². The molecule has 1 atom stereocenters. The molecule has 0 aliphatic carbocycles. The average Bonchev–Trinajstić information content (AvgIpc) is 2.03. The van der Waals surface area contributed by atoms with E-state index in [1.807, 2.05) is 0 Å². The predicted molar refractivity (Wildman–Crippen MR) is 50.2 cm³/mol. The van der Waals surface area contributed by atoms with Crippen LogP contribution in [0.3, 0.4) is 0 Å². The lowest BCUT2D eigenvalue weighted by Crippen LogP contribution is -2.38. The first kappa shape index (κ1) is 9.72. The van der Waals surface area contributed by atoms with E-state index in [2.05, 4.69) is 11.8 Å². The van der Waals surface area contributed by atoms with Gasteiger partial charge in [0.1, 0.15) is 5.78 Å². The van der Waals surface area contributed by atoms with Crippen molar-refractivity contribution in [2.45, 2.75) is 45.6 Å². The second-order valence-electron chi connectivity index (χ2n) is 3.83. The van der Waals surface area contributed by atoms with E-state index in [0.29, 0.717) is 11.8 Å². The number of ketones is 1. The number of hydrogen-bond donors (Lipinski definition) is 0. The maximum Gasteiger partial charge on any atom is 0.131 e. The van der Waals surface area contributed by atoms with Crippen molar-refractivity contribution < 1.29 is 4.79 Å². The Hall–Kier alpha value is -0.370. The van der Waals surface area contributed by atoms with E-state index in [4.69, 9.17) is 0 Å². The minimum atomic E-state index is 0.313. The van der Waals surface area contributed by atoms with E-state index in [9.17, 15) is 4.79 Å². The Labute approximate surface area is 74.9 Å². The smallest absolute Gasteiger partial charge is 0.131 e. The topological polar surface area (TPSA) is 20.3 Å². The SMILES string of the molecule is CC(=O)CCN1CCCCC1C. The van der Waals surface area contributed by atoms with Gasteiger partial charge in [0.15, 0.2) is 0 Å². The molecule has 1 rings (SSSR count). The lowest BCUT2D eigenvalue weighted by Gasteiger charge is -2.32. The number of carbonyl (C=O) groups excluding carboxylic acids is 1. The average molecular weight is 169 g/mol. The Morgan fingerprint density at radius 1 is 1.50 bits per heavy atom. The summed E-state index contributed by atoms with van der Waals surface area (Å²) in [5, 5.41) is 0. The van der Waals surface area contributed by atoms with Crippen molar-refractivity contribution in [2.24, 2.45) is 0 Å². The number of carbonyl (C=O) groups is 1. The molecule has 2 nitrogen and oxygen atoms in total. The van der Waals surface area contributed by atoms with Crippen LogP contribution in [0.2, 0.25) is 0 Å². The van der Waals surface area contributed by atoms with Crippen molar-refractivity contribution in [3.63, 3.8) is 0 Å². The van der Waals surface area contributed by atoms with E-state index in [0.717, 1.165) is 13.0 Å². The Kier molecular flexibility index (Phi) is 3.73. The van der Waals surface area contributed by atoms with Gasteiger partial charge < -0.3 is 4.90 Å². The molecule has 0 saturated carbocycles. The summed E-state index contributed by atoms with van der Waals surface area (Å²) in [5.74, 6) is 0.313. The minimum absolute atomic E-state index is 0.313. The first-order valence-corrected chi connectivity index (χ1v) is 4.93. The fourth-order valence-electron chi connectivity index (χ4n) is 1.79. The van der Waals surface area contributed by atoms with Gasteiger partial charge >= 0.3 is 0 Å². The van der Waals surface area contributed by atoms with Crippen LogP contribution < -0.4 is 0 Å². The molecule has 0 aromatic heterocycles. The third-order valence-corrected chi connectivity index (χ3v) is 2.69. The third kappa shape index (κ3) is 2.94. The van der Waals surface area contributed by atoms with E-state index < -0.39 is 0 Å². The molecule has 0 aromatic carbocycles. The minimum Gasteiger partial charge on any atom is -0.300 e. The highest BCUT2D eigenvalue weighted by molar-refractivity contribution is 5.75. The number of rotatable bonds is 3. The lowest BCUT2D eigenvalue weighted by molar-refractivity contribution is -0.117. The maximum absolute atomic E-state index is 10.8. The van der Waals surface area contributed by atoms with Crippen LogP contribution in [0.15, 0.2) is 0 Å². The molecule has 0 N–H and O–H groups in total. The fraction of sp³-hybridized carbons (Fsp3) is 0.900. The molecule has 70 valence electrons. The largest absolute Gasteiger partial charge is 0.300 e. The standard InChI is InChI=1S/C10H19NO/c1-9-5-3-4-7-11(9)8-6-10(2)12/h9H,3-8H2,1-2H3. The molecule has 1 aliphatic heterocycles. The number of likely N-dealkylation sites (tertiary alicyclic amines) is 1. The van der Waals surface area contributed by atoms with E-state index in [1.54, 1.807) is 6.92 Å². The van der Waals surface area contributed by atoms with Crippen molar-refractivity contribution in [3.05, 3.63) is 0 Å². The molecule has 0 aromatic rings. The molecule has 1 fully saturated rings. The lowest BCUT2D eigenvalue weighted by atomic mass is 10.0. The van der Waals surface area contributed by atoms with Crippen LogP contribution in [0, 0.1) is 0 Å². The summed E-state index contributed by atoms with van der Waals surface area (Å²) in [5.41, 5.74) is 0. The summed E-state index contributed by atoms with van der Waals surface area (Å²) in [6, 6.07) is 0.693. The zero-order valence-electron chi connectivity index (χ0n) is 8.18. The molecular formula is C10H19NO. The second kappa shape index (κ2) is 4.61. The highest BCUT2D eigenvalue weighted by atomic mass is 16.1. The zero-order valence-corrected chi connectivity index (χ0v) is 8.18. The summed E-state index contributed by atoms with van der Waals surface area (Å²) < 4.78 is 0. The first-order valence-electron chi connectivity index (χ1n) is 4.93. The normalized spacial score (nSPS) is 25.7. The number of Topliss-reactive ketones (excluding diaryl/α,β-unsaturated/α-hetero) is 1. The van der Waals surface area contributed by atoms with Gasteiger partial charge in [-0.2, -0.15) is 0 Å². The van der Waals surface area contributed by atoms with Gasteiger partial charge in [0.05, 0.1) is 0 Å². The van der Waals surface area contributed by atoms with Gasteiger partial charge in [0, 0.05) is 19.0 Å². The van der Waals surface area contributed by atoms with Gasteiger partial charge in [-0.15, -0.1) is 0 Å².